The van der Waals surface area contributed by atoms with Crippen LogP contribution in [0.25, 0.3) is 10.8 Å². The summed E-state index contributed by atoms with van der Waals surface area (Å²) in [6, 6.07) is 15.4. The predicted molar refractivity (Wildman–Crippen MR) is 110 cm³/mol. The van der Waals surface area contributed by atoms with Gasteiger partial charge in [0.1, 0.15) is 11.4 Å². The smallest absolute Gasteiger partial charge is 0.235 e. The van der Waals surface area contributed by atoms with Crippen molar-refractivity contribution in [1.82, 2.24) is 5.16 Å². The summed E-state index contributed by atoms with van der Waals surface area (Å²) in [6.45, 7) is 2.10. The highest BCUT2D eigenvalue weighted by molar-refractivity contribution is 6.07. The van der Waals surface area contributed by atoms with E-state index in [9.17, 15) is 9.59 Å². The molecular formula is C23H19N3O4. The van der Waals surface area contributed by atoms with E-state index in [1.807, 2.05) is 54.6 Å². The van der Waals surface area contributed by atoms with Crippen LogP contribution in [0.15, 0.2) is 65.2 Å². The second-order valence-electron chi connectivity index (χ2n) is 8.14. The molecule has 0 aliphatic carbocycles. The van der Waals surface area contributed by atoms with Gasteiger partial charge in [-0.25, -0.2) is 0 Å². The Hall–Kier alpha value is -3.45. The fourth-order valence-electron chi connectivity index (χ4n) is 5.02. The van der Waals surface area contributed by atoms with Crippen LogP contribution in [0.2, 0.25) is 0 Å². The molecule has 6 rings (SSSR count). The van der Waals surface area contributed by atoms with Crippen molar-refractivity contribution in [2.24, 2.45) is 11.8 Å². The van der Waals surface area contributed by atoms with Crippen molar-refractivity contribution in [1.29, 1.82) is 0 Å². The van der Waals surface area contributed by atoms with E-state index >= 15 is 0 Å². The van der Waals surface area contributed by atoms with E-state index in [0.29, 0.717) is 18.1 Å². The van der Waals surface area contributed by atoms with Crippen LogP contribution in [0.3, 0.4) is 0 Å². The van der Waals surface area contributed by atoms with E-state index in [0.717, 1.165) is 16.5 Å². The number of amides is 2. The number of aromatic nitrogens is 1. The SMILES string of the molecule is Cc1cc(N2C[C@@]34C=C[C@@H](O3)[C@H](C(=O)Nc3cccc5ccccc35)[C@@H]4C2=O)no1. The minimum Gasteiger partial charge on any atom is -0.360 e. The fraction of sp³-hybridized carbons (Fsp3) is 0.261. The summed E-state index contributed by atoms with van der Waals surface area (Å²) in [5, 5.41) is 9.02. The number of carbonyl (C=O) groups is 2. The third-order valence-corrected chi connectivity index (χ3v) is 6.34. The Labute approximate surface area is 172 Å². The summed E-state index contributed by atoms with van der Waals surface area (Å²) in [6.07, 6.45) is 3.42. The minimum absolute atomic E-state index is 0.159. The van der Waals surface area contributed by atoms with Crippen LogP contribution < -0.4 is 10.2 Å². The molecule has 3 aliphatic rings. The normalized spacial score (nSPS) is 29.0. The van der Waals surface area contributed by atoms with Gasteiger partial charge < -0.3 is 14.6 Å². The first-order valence-corrected chi connectivity index (χ1v) is 9.96. The van der Waals surface area contributed by atoms with Crippen LogP contribution in [0.5, 0.6) is 0 Å². The topological polar surface area (TPSA) is 84.7 Å². The molecule has 1 N–H and O–H groups in total. The van der Waals surface area contributed by atoms with Crippen molar-refractivity contribution >= 4 is 34.1 Å². The van der Waals surface area contributed by atoms with Gasteiger partial charge in [-0.3, -0.25) is 14.5 Å². The van der Waals surface area contributed by atoms with Crippen molar-refractivity contribution in [3.63, 3.8) is 0 Å². The molecule has 4 heterocycles. The molecule has 2 bridgehead atoms. The maximum atomic E-state index is 13.4. The Bertz CT molecular complexity index is 1230. The molecule has 2 amide bonds. The maximum Gasteiger partial charge on any atom is 0.235 e. The summed E-state index contributed by atoms with van der Waals surface area (Å²) in [5.41, 5.74) is -0.0663. The lowest BCUT2D eigenvalue weighted by atomic mass is 9.76. The first kappa shape index (κ1) is 17.4. The average Bonchev–Trinajstić information content (AvgIpc) is 3.49. The maximum absolute atomic E-state index is 13.4. The standard InChI is InChI=1S/C23H19N3O4/c1-13-11-18(25-30-13)26-12-23-10-9-17(29-23)19(20(23)22(26)28)21(27)24-16-8-4-6-14-5-2-3-7-15(14)16/h2-11,17,19-20H,12H2,1H3,(H,24,27)/t17-,19+,20-,23-/m1/s1. The van der Waals surface area contributed by atoms with Crippen molar-refractivity contribution in [2.75, 3.05) is 16.8 Å². The van der Waals surface area contributed by atoms with Gasteiger partial charge in [-0.15, -0.1) is 0 Å². The van der Waals surface area contributed by atoms with Crippen LogP contribution in [-0.4, -0.2) is 35.2 Å². The molecule has 2 fully saturated rings. The summed E-state index contributed by atoms with van der Waals surface area (Å²) in [5.74, 6) is -0.473. The summed E-state index contributed by atoms with van der Waals surface area (Å²) >= 11 is 0. The minimum atomic E-state index is -0.796. The van der Waals surface area contributed by atoms with Crippen LogP contribution in [0.4, 0.5) is 11.5 Å². The fourth-order valence-corrected chi connectivity index (χ4v) is 5.02. The van der Waals surface area contributed by atoms with Gasteiger partial charge in [0.15, 0.2) is 5.82 Å². The van der Waals surface area contributed by atoms with Crippen molar-refractivity contribution < 1.29 is 18.8 Å². The molecule has 3 aromatic rings. The number of nitrogens with one attached hydrogen (secondary N) is 1. The van der Waals surface area contributed by atoms with Gasteiger partial charge in [-0.2, -0.15) is 0 Å². The Morgan fingerprint density at radius 2 is 2.07 bits per heavy atom. The van der Waals surface area contributed by atoms with E-state index < -0.39 is 23.5 Å². The van der Waals surface area contributed by atoms with Gasteiger partial charge in [0.05, 0.1) is 24.5 Å². The predicted octanol–water partition coefficient (Wildman–Crippen LogP) is 3.06. The zero-order chi connectivity index (χ0) is 20.5. The number of hydrogen-bond donors (Lipinski definition) is 1. The van der Waals surface area contributed by atoms with Crippen molar-refractivity contribution in [2.45, 2.75) is 18.6 Å². The molecule has 0 saturated carbocycles. The van der Waals surface area contributed by atoms with Gasteiger partial charge in [0.2, 0.25) is 11.8 Å². The highest BCUT2D eigenvalue weighted by Crippen LogP contribution is 2.52. The molecule has 150 valence electrons. The largest absolute Gasteiger partial charge is 0.360 e. The van der Waals surface area contributed by atoms with Gasteiger partial charge in [0, 0.05) is 17.1 Å². The van der Waals surface area contributed by atoms with Gasteiger partial charge in [-0.1, -0.05) is 53.7 Å². The van der Waals surface area contributed by atoms with Gasteiger partial charge in [-0.05, 0) is 18.4 Å². The highest BCUT2D eigenvalue weighted by Gasteiger charge is 2.67. The monoisotopic (exact) mass is 401 g/mol. The number of carbonyl (C=O) groups excluding carboxylic acids is 2. The molecule has 7 heteroatoms. The molecule has 1 spiro atoms. The Morgan fingerprint density at radius 1 is 1.23 bits per heavy atom. The molecule has 4 atom stereocenters. The molecule has 2 aromatic carbocycles. The molecule has 0 radical (unpaired) electrons. The van der Waals surface area contributed by atoms with E-state index in [1.54, 1.807) is 17.9 Å². The zero-order valence-electron chi connectivity index (χ0n) is 16.2. The molecule has 1 aromatic heterocycles. The molecule has 0 unspecified atom stereocenters. The Kier molecular flexibility index (Phi) is 3.50. The summed E-state index contributed by atoms with van der Waals surface area (Å²) in [4.78, 5) is 28.2. The number of rotatable bonds is 3. The van der Waals surface area contributed by atoms with Crippen molar-refractivity contribution in [3.05, 3.63) is 66.4 Å². The first-order chi connectivity index (χ1) is 14.6. The number of fused-ring (bicyclic) bond motifs is 2. The number of nitrogens with zero attached hydrogens (tertiary/aromatic N) is 2. The van der Waals surface area contributed by atoms with E-state index in [-0.39, 0.29) is 11.8 Å². The molecule has 7 nitrogen and oxygen atoms in total. The number of hydrogen-bond acceptors (Lipinski definition) is 5. The average molecular weight is 401 g/mol. The molecular weight excluding hydrogens is 382 g/mol. The van der Waals surface area contributed by atoms with Crippen LogP contribution >= 0.6 is 0 Å². The van der Waals surface area contributed by atoms with E-state index in [1.165, 1.54) is 0 Å². The van der Waals surface area contributed by atoms with E-state index in [4.69, 9.17) is 9.26 Å². The molecule has 30 heavy (non-hydrogen) atoms. The number of benzene rings is 2. The second kappa shape index (κ2) is 6.03. The van der Waals surface area contributed by atoms with Gasteiger partial charge in [0.25, 0.3) is 0 Å². The quantitative estimate of drug-likeness (QED) is 0.682. The number of anilines is 2. The van der Waals surface area contributed by atoms with Crippen LogP contribution in [-0.2, 0) is 14.3 Å². The van der Waals surface area contributed by atoms with Crippen LogP contribution in [0, 0.1) is 18.8 Å². The Balaban J connectivity index is 1.33. The Morgan fingerprint density at radius 3 is 2.90 bits per heavy atom. The molecule has 3 aliphatic heterocycles. The summed E-state index contributed by atoms with van der Waals surface area (Å²) < 4.78 is 11.3. The molecule has 2 saturated heterocycles. The second-order valence-corrected chi connectivity index (χ2v) is 8.14. The first-order valence-electron chi connectivity index (χ1n) is 9.96. The summed E-state index contributed by atoms with van der Waals surface area (Å²) in [7, 11) is 0. The third kappa shape index (κ3) is 2.32. The lowest BCUT2D eigenvalue weighted by molar-refractivity contribution is -0.128. The van der Waals surface area contributed by atoms with Gasteiger partial charge >= 0.3 is 0 Å². The highest BCUT2D eigenvalue weighted by atomic mass is 16.5. The number of aryl methyl sites for hydroxylation is 1. The van der Waals surface area contributed by atoms with Crippen molar-refractivity contribution in [3.8, 4) is 0 Å². The van der Waals surface area contributed by atoms with Crippen LogP contribution in [0.1, 0.15) is 5.76 Å². The lowest BCUT2D eigenvalue weighted by Crippen LogP contribution is -2.41. The van der Waals surface area contributed by atoms with E-state index in [2.05, 4.69) is 10.5 Å². The number of ether oxygens (including phenoxy) is 1. The lowest BCUT2D eigenvalue weighted by Gasteiger charge is -2.23. The zero-order valence-corrected chi connectivity index (χ0v) is 16.2. The third-order valence-electron chi connectivity index (χ3n) is 6.34.